The summed E-state index contributed by atoms with van der Waals surface area (Å²) < 4.78 is 63.1. The van der Waals surface area contributed by atoms with Crippen molar-refractivity contribution in [2.75, 3.05) is 13.7 Å². The molecule has 39 heavy (non-hydrogen) atoms. The molecule has 0 aromatic heterocycles. The second kappa shape index (κ2) is 10.5. The first-order valence-electron chi connectivity index (χ1n) is 12.4. The summed E-state index contributed by atoms with van der Waals surface area (Å²) in [6, 6.07) is 15.2. The van der Waals surface area contributed by atoms with Gasteiger partial charge in [-0.1, -0.05) is 30.3 Å². The smallest absolute Gasteiger partial charge is 0.416 e. The molecular weight excluding hydrogens is 515 g/mol. The number of nitrogens with zero attached hydrogens (tertiary/aromatic N) is 1. The van der Waals surface area contributed by atoms with Crippen molar-refractivity contribution in [1.82, 2.24) is 4.90 Å². The van der Waals surface area contributed by atoms with Crippen LogP contribution in [-0.2, 0) is 39.8 Å². The van der Waals surface area contributed by atoms with Gasteiger partial charge in [0.15, 0.2) is 11.5 Å². The van der Waals surface area contributed by atoms with Gasteiger partial charge in [-0.05, 0) is 53.9 Å². The number of hydrogen-bond acceptors (Lipinski definition) is 6. The van der Waals surface area contributed by atoms with E-state index in [9.17, 15) is 22.8 Å². The molecule has 3 aromatic rings. The van der Waals surface area contributed by atoms with Crippen molar-refractivity contribution in [2.24, 2.45) is 0 Å². The summed E-state index contributed by atoms with van der Waals surface area (Å²) in [6.07, 6.45) is -5.09. The fourth-order valence-corrected chi connectivity index (χ4v) is 5.06. The number of rotatable bonds is 8. The van der Waals surface area contributed by atoms with Crippen LogP contribution in [0.25, 0.3) is 0 Å². The quantitative estimate of drug-likeness (QED) is 0.315. The number of methoxy groups -OCH3 is 1. The van der Waals surface area contributed by atoms with Gasteiger partial charge in [0.2, 0.25) is 0 Å². The Balaban J connectivity index is 1.50. The molecule has 0 N–H and O–H groups in total. The maximum atomic E-state index is 13.7. The molecule has 1 aliphatic carbocycles. The highest BCUT2D eigenvalue weighted by Crippen LogP contribution is 2.45. The van der Waals surface area contributed by atoms with E-state index in [1.165, 1.54) is 18.1 Å². The number of benzene rings is 3. The Kier molecular flexibility index (Phi) is 7.12. The minimum Gasteiger partial charge on any atom is -0.493 e. The van der Waals surface area contributed by atoms with Crippen LogP contribution in [-0.4, -0.2) is 36.8 Å². The van der Waals surface area contributed by atoms with Crippen LogP contribution in [0, 0.1) is 0 Å². The molecule has 1 fully saturated rings. The zero-order valence-corrected chi connectivity index (χ0v) is 21.3. The average Bonchev–Trinajstić information content (AvgIpc) is 3.39. The van der Waals surface area contributed by atoms with Gasteiger partial charge in [-0.3, -0.25) is 9.69 Å². The lowest BCUT2D eigenvalue weighted by molar-refractivity contribution is -0.142. The van der Waals surface area contributed by atoms with E-state index in [1.54, 1.807) is 25.1 Å². The van der Waals surface area contributed by atoms with Crippen LogP contribution in [0.3, 0.4) is 0 Å². The van der Waals surface area contributed by atoms with Crippen LogP contribution in [0.2, 0.25) is 0 Å². The van der Waals surface area contributed by atoms with Gasteiger partial charge in [0.05, 0.1) is 38.3 Å². The maximum absolute atomic E-state index is 13.7. The Morgan fingerprint density at radius 3 is 2.56 bits per heavy atom. The molecule has 1 aliphatic heterocycles. The molecule has 2 aliphatic rings. The third-order valence-corrected chi connectivity index (χ3v) is 6.80. The molecule has 0 radical (unpaired) electrons. The third kappa shape index (κ3) is 5.36. The lowest BCUT2D eigenvalue weighted by Crippen LogP contribution is -2.27. The van der Waals surface area contributed by atoms with Crippen LogP contribution < -0.4 is 9.47 Å². The van der Waals surface area contributed by atoms with Gasteiger partial charge in [-0.15, -0.1) is 0 Å². The van der Waals surface area contributed by atoms with E-state index in [4.69, 9.17) is 18.9 Å². The number of carbonyl (C=O) groups is 2. The van der Waals surface area contributed by atoms with Crippen molar-refractivity contribution < 1.29 is 41.7 Å². The van der Waals surface area contributed by atoms with Gasteiger partial charge < -0.3 is 18.9 Å². The molecule has 3 aromatic carbocycles. The van der Waals surface area contributed by atoms with Crippen molar-refractivity contribution in [1.29, 1.82) is 0 Å². The molecule has 10 heteroatoms. The second-order valence-electron chi connectivity index (χ2n) is 9.29. The first kappa shape index (κ1) is 26.4. The topological polar surface area (TPSA) is 74.3 Å². The molecular formula is C29H26F3NO6. The molecule has 5 rings (SSSR count). The number of fused-ring (bicyclic) bond motifs is 3. The molecule has 0 saturated carbocycles. The zero-order chi connectivity index (χ0) is 27.7. The van der Waals surface area contributed by atoms with E-state index in [0.717, 1.165) is 23.3 Å². The van der Waals surface area contributed by atoms with Gasteiger partial charge in [0.25, 0.3) is 0 Å². The van der Waals surface area contributed by atoms with Crippen molar-refractivity contribution in [3.63, 3.8) is 0 Å². The fraction of sp³-hybridized carbons (Fsp3) is 0.310. The van der Waals surface area contributed by atoms with Crippen LogP contribution in [0.5, 0.6) is 17.2 Å². The summed E-state index contributed by atoms with van der Waals surface area (Å²) in [5.41, 5.74) is 1.80. The van der Waals surface area contributed by atoms with Gasteiger partial charge in [-0.2, -0.15) is 13.2 Å². The van der Waals surface area contributed by atoms with E-state index in [0.29, 0.717) is 17.7 Å². The average molecular weight is 542 g/mol. The van der Waals surface area contributed by atoms with Crippen molar-refractivity contribution in [2.45, 2.75) is 44.6 Å². The number of halogens is 3. The Hall–Kier alpha value is -4.21. The van der Waals surface area contributed by atoms with Gasteiger partial charge >= 0.3 is 18.2 Å². The van der Waals surface area contributed by atoms with Crippen molar-refractivity contribution >= 4 is 12.1 Å². The van der Waals surface area contributed by atoms with Crippen LogP contribution in [0.4, 0.5) is 18.0 Å². The standard InChI is InChI=1S/C29H26F3NO6/c1-3-37-26(34)13-17-8-10-23(36-2)24(12-17)38-22-11-9-20(29(30,31)32)14-19(22)16-33-27-21-7-5-4-6-18(21)15-25(27)39-28(33)35/h4-12,14,25,27H,3,13,15-16H2,1-2H3/t25-,27+/m0/s1. The lowest BCUT2D eigenvalue weighted by atomic mass is 10.0. The molecule has 7 nitrogen and oxygen atoms in total. The van der Waals surface area contributed by atoms with E-state index in [1.807, 2.05) is 24.3 Å². The normalized spacial score (nSPS) is 17.9. The third-order valence-electron chi connectivity index (χ3n) is 6.80. The Bertz CT molecular complexity index is 1410. The van der Waals surface area contributed by atoms with Crippen molar-refractivity contribution in [3.8, 4) is 17.2 Å². The Labute approximate surface area is 223 Å². The SMILES string of the molecule is CCOC(=O)Cc1ccc(OC)c(Oc2ccc(C(F)(F)F)cc2CN2C(=O)O[C@H]3Cc4ccccc4[C@H]32)c1. The minimum atomic E-state index is -4.60. The van der Waals surface area contributed by atoms with E-state index in [2.05, 4.69) is 0 Å². The molecule has 0 spiro atoms. The van der Waals surface area contributed by atoms with E-state index >= 15 is 0 Å². The maximum Gasteiger partial charge on any atom is 0.416 e. The lowest BCUT2D eigenvalue weighted by Gasteiger charge is -2.24. The summed E-state index contributed by atoms with van der Waals surface area (Å²) in [5.74, 6) is 0.201. The van der Waals surface area contributed by atoms with E-state index < -0.39 is 35.9 Å². The predicted octanol–water partition coefficient (Wildman–Crippen LogP) is 6.23. The van der Waals surface area contributed by atoms with Crippen LogP contribution >= 0.6 is 0 Å². The number of alkyl halides is 3. The summed E-state index contributed by atoms with van der Waals surface area (Å²) in [5, 5.41) is 0. The number of hydrogen-bond donors (Lipinski definition) is 0. The highest BCUT2D eigenvalue weighted by atomic mass is 19.4. The molecule has 2 atom stereocenters. The first-order chi connectivity index (χ1) is 18.7. The van der Waals surface area contributed by atoms with Crippen LogP contribution in [0.1, 0.15) is 40.8 Å². The zero-order valence-electron chi connectivity index (χ0n) is 21.3. The monoisotopic (exact) mass is 541 g/mol. The molecule has 1 heterocycles. The number of esters is 1. The molecule has 0 bridgehead atoms. The molecule has 0 unspecified atom stereocenters. The number of carbonyl (C=O) groups excluding carboxylic acids is 2. The van der Waals surface area contributed by atoms with Gasteiger partial charge in [-0.25, -0.2) is 4.79 Å². The molecule has 1 saturated heterocycles. The number of ether oxygens (including phenoxy) is 4. The Morgan fingerprint density at radius 2 is 1.82 bits per heavy atom. The highest BCUT2D eigenvalue weighted by molar-refractivity contribution is 5.73. The van der Waals surface area contributed by atoms with Gasteiger partial charge in [0, 0.05) is 12.0 Å². The van der Waals surface area contributed by atoms with E-state index in [-0.39, 0.29) is 36.6 Å². The predicted molar refractivity (Wildman–Crippen MR) is 134 cm³/mol. The second-order valence-corrected chi connectivity index (χ2v) is 9.29. The summed E-state index contributed by atoms with van der Waals surface area (Å²) in [7, 11) is 1.43. The number of amides is 1. The summed E-state index contributed by atoms with van der Waals surface area (Å²) in [4.78, 5) is 26.2. The first-order valence-corrected chi connectivity index (χ1v) is 12.4. The van der Waals surface area contributed by atoms with Crippen molar-refractivity contribution in [3.05, 3.63) is 88.5 Å². The highest BCUT2D eigenvalue weighted by Gasteiger charge is 2.47. The molecule has 1 amide bonds. The van der Waals surface area contributed by atoms with Gasteiger partial charge in [0.1, 0.15) is 11.9 Å². The minimum absolute atomic E-state index is 0.0177. The largest absolute Gasteiger partial charge is 0.493 e. The Morgan fingerprint density at radius 1 is 1.05 bits per heavy atom. The summed E-state index contributed by atoms with van der Waals surface area (Å²) >= 11 is 0. The van der Waals surface area contributed by atoms with Crippen LogP contribution in [0.15, 0.2) is 60.7 Å². The fourth-order valence-electron chi connectivity index (χ4n) is 5.06. The summed E-state index contributed by atoms with van der Waals surface area (Å²) in [6.45, 7) is 1.77. The molecule has 204 valence electrons.